The number of carbonyl (C=O) groups is 1. The van der Waals surface area contributed by atoms with E-state index in [2.05, 4.69) is 9.97 Å². The highest BCUT2D eigenvalue weighted by Crippen LogP contribution is 2.30. The predicted octanol–water partition coefficient (Wildman–Crippen LogP) is 3.22. The van der Waals surface area contributed by atoms with Gasteiger partial charge in [0.1, 0.15) is 5.75 Å². The molecule has 4 rings (SSSR count). The highest BCUT2D eigenvalue weighted by Gasteiger charge is 2.34. The Morgan fingerprint density at radius 2 is 1.75 bits per heavy atom. The Balaban J connectivity index is 1.55. The molecular weight excluding hydrogens is 412 g/mol. The molecule has 8 nitrogen and oxygen atoms in total. The summed E-state index contributed by atoms with van der Waals surface area (Å²) in [5.74, 6) is -1.59. The summed E-state index contributed by atoms with van der Waals surface area (Å²) in [6, 6.07) is 10.5. The molecule has 2 aromatic heterocycles. The number of ether oxygens (including phenoxy) is 2. The van der Waals surface area contributed by atoms with Gasteiger partial charge in [0.15, 0.2) is 5.75 Å². The summed E-state index contributed by atoms with van der Waals surface area (Å²) >= 11 is 0. The van der Waals surface area contributed by atoms with Crippen molar-refractivity contribution in [1.29, 1.82) is 0 Å². The lowest BCUT2D eigenvalue weighted by Gasteiger charge is -2.20. The van der Waals surface area contributed by atoms with Crippen LogP contribution in [0.2, 0.25) is 0 Å². The molecular formula is C24H20N2O6. The molecule has 2 aromatic carbocycles. The third-order valence-electron chi connectivity index (χ3n) is 5.01. The number of hydrogen-bond donors (Lipinski definition) is 1. The van der Waals surface area contributed by atoms with Crippen LogP contribution in [0.25, 0.3) is 10.8 Å². The van der Waals surface area contributed by atoms with Crippen LogP contribution in [0.15, 0.2) is 64.6 Å². The molecule has 1 N–H and O–H groups in total. The first-order valence-corrected chi connectivity index (χ1v) is 10.0. The van der Waals surface area contributed by atoms with Gasteiger partial charge in [0.25, 0.3) is 5.43 Å². The fourth-order valence-electron chi connectivity index (χ4n) is 3.48. The first-order valence-electron chi connectivity index (χ1n) is 10.0. The van der Waals surface area contributed by atoms with Gasteiger partial charge in [0.05, 0.1) is 23.0 Å². The zero-order valence-electron chi connectivity index (χ0n) is 17.4. The molecule has 4 aromatic rings. The average Bonchev–Trinajstić information content (AvgIpc) is 2.78. The van der Waals surface area contributed by atoms with Gasteiger partial charge in [-0.1, -0.05) is 12.1 Å². The van der Waals surface area contributed by atoms with Gasteiger partial charge in [-0.2, -0.15) is 0 Å². The molecule has 0 aliphatic rings. The van der Waals surface area contributed by atoms with Crippen molar-refractivity contribution in [3.8, 4) is 17.4 Å². The Labute approximate surface area is 182 Å². The molecule has 0 saturated heterocycles. The van der Waals surface area contributed by atoms with Gasteiger partial charge in [0.2, 0.25) is 11.3 Å². The molecule has 0 fully saturated rings. The average molecular weight is 432 g/mol. The van der Waals surface area contributed by atoms with Crippen molar-refractivity contribution < 1.29 is 19.4 Å². The third kappa shape index (κ3) is 4.07. The van der Waals surface area contributed by atoms with Crippen LogP contribution in [-0.2, 0) is 11.2 Å². The van der Waals surface area contributed by atoms with Crippen LogP contribution in [0.5, 0.6) is 17.4 Å². The summed E-state index contributed by atoms with van der Waals surface area (Å²) < 4.78 is 11.3. The lowest BCUT2D eigenvalue weighted by molar-refractivity contribution is -0.138. The minimum atomic E-state index is -1.20. The van der Waals surface area contributed by atoms with Crippen LogP contribution < -0.4 is 20.3 Å². The van der Waals surface area contributed by atoms with Gasteiger partial charge >= 0.3 is 5.97 Å². The minimum Gasteiger partial charge on any atom is -0.486 e. The molecule has 162 valence electrons. The molecule has 0 bridgehead atoms. The van der Waals surface area contributed by atoms with E-state index in [1.165, 1.54) is 0 Å². The summed E-state index contributed by atoms with van der Waals surface area (Å²) in [5.41, 5.74) is -0.991. The molecule has 0 unspecified atom stereocenters. The fourth-order valence-corrected chi connectivity index (χ4v) is 3.48. The maximum absolute atomic E-state index is 12.1. The summed E-state index contributed by atoms with van der Waals surface area (Å²) in [6.07, 6.45) is 4.69. The molecule has 0 aliphatic carbocycles. The standard InChI is InChI=1S/C24H20N2O6/c1-13(2)31-22-19(20(27)21(22)28)17(24(29)30)11-14-3-5-16(6-4-14)32-23-18-12-25-9-7-15(18)8-10-26-23/h3-10,12-13,17H,11H2,1-2H3,(H,29,30)/t17-/m0/s1. The van der Waals surface area contributed by atoms with Crippen LogP contribution in [-0.4, -0.2) is 27.1 Å². The van der Waals surface area contributed by atoms with Crippen molar-refractivity contribution >= 4 is 16.7 Å². The van der Waals surface area contributed by atoms with E-state index < -0.39 is 22.7 Å². The van der Waals surface area contributed by atoms with Crippen LogP contribution in [0.3, 0.4) is 0 Å². The second-order valence-corrected chi connectivity index (χ2v) is 7.62. The highest BCUT2D eigenvalue weighted by molar-refractivity contribution is 5.85. The van der Waals surface area contributed by atoms with E-state index in [1.807, 2.05) is 12.1 Å². The van der Waals surface area contributed by atoms with Gasteiger partial charge in [-0.3, -0.25) is 19.4 Å². The summed E-state index contributed by atoms with van der Waals surface area (Å²) in [4.78, 5) is 44.1. The number of benzene rings is 1. The van der Waals surface area contributed by atoms with Crippen LogP contribution >= 0.6 is 0 Å². The molecule has 0 radical (unpaired) electrons. The topological polar surface area (TPSA) is 116 Å². The lowest BCUT2D eigenvalue weighted by Crippen LogP contribution is -2.41. The second kappa shape index (κ2) is 8.58. The first kappa shape index (κ1) is 21.2. The molecule has 0 saturated carbocycles. The molecule has 8 heteroatoms. The largest absolute Gasteiger partial charge is 0.486 e. The van der Waals surface area contributed by atoms with Crippen molar-refractivity contribution in [2.45, 2.75) is 32.3 Å². The van der Waals surface area contributed by atoms with Crippen molar-refractivity contribution in [2.24, 2.45) is 0 Å². The molecule has 0 aliphatic heterocycles. The molecule has 1 atom stereocenters. The Hall–Kier alpha value is -4.07. The molecule has 0 spiro atoms. The maximum atomic E-state index is 12.1. The second-order valence-electron chi connectivity index (χ2n) is 7.62. The Morgan fingerprint density at radius 1 is 1.03 bits per heavy atom. The molecule has 0 amide bonds. The van der Waals surface area contributed by atoms with Crippen LogP contribution in [0, 0.1) is 0 Å². The number of carboxylic acids is 1. The van der Waals surface area contributed by atoms with Crippen LogP contribution in [0.4, 0.5) is 0 Å². The van der Waals surface area contributed by atoms with E-state index in [0.717, 1.165) is 10.8 Å². The van der Waals surface area contributed by atoms with Gasteiger partial charge in [-0.05, 0) is 55.5 Å². The van der Waals surface area contributed by atoms with E-state index in [0.29, 0.717) is 17.2 Å². The number of aliphatic carboxylic acids is 1. The van der Waals surface area contributed by atoms with Gasteiger partial charge in [-0.15, -0.1) is 0 Å². The van der Waals surface area contributed by atoms with E-state index in [-0.39, 0.29) is 23.8 Å². The predicted molar refractivity (Wildman–Crippen MR) is 117 cm³/mol. The van der Waals surface area contributed by atoms with Crippen molar-refractivity contribution in [1.82, 2.24) is 9.97 Å². The lowest BCUT2D eigenvalue weighted by atomic mass is 9.88. The highest BCUT2D eigenvalue weighted by atomic mass is 16.5. The smallest absolute Gasteiger partial charge is 0.311 e. The number of nitrogens with zero attached hydrogens (tertiary/aromatic N) is 2. The number of hydrogen-bond acceptors (Lipinski definition) is 7. The Morgan fingerprint density at radius 3 is 2.44 bits per heavy atom. The van der Waals surface area contributed by atoms with Gasteiger partial charge < -0.3 is 14.6 Å². The van der Waals surface area contributed by atoms with E-state index in [9.17, 15) is 19.5 Å². The van der Waals surface area contributed by atoms with Crippen LogP contribution in [0.1, 0.15) is 30.9 Å². The number of aromatic nitrogens is 2. The van der Waals surface area contributed by atoms with E-state index in [4.69, 9.17) is 9.47 Å². The van der Waals surface area contributed by atoms with Crippen molar-refractivity contribution in [3.05, 3.63) is 86.6 Å². The maximum Gasteiger partial charge on any atom is 0.311 e. The number of fused-ring (bicyclic) bond motifs is 1. The van der Waals surface area contributed by atoms with Gasteiger partial charge in [-0.25, -0.2) is 4.98 Å². The number of carboxylic acid groups (broad SMARTS) is 1. The Kier molecular flexibility index (Phi) is 5.68. The summed E-state index contributed by atoms with van der Waals surface area (Å²) in [5, 5.41) is 11.4. The summed E-state index contributed by atoms with van der Waals surface area (Å²) in [7, 11) is 0. The monoisotopic (exact) mass is 432 g/mol. The Bertz CT molecular complexity index is 1350. The SMILES string of the molecule is CC(C)Oc1c([C@H](Cc2ccc(Oc3nccc4ccncc34)cc2)C(=O)O)c(=O)c1=O. The fraction of sp³-hybridized carbons (Fsp3) is 0.208. The summed E-state index contributed by atoms with van der Waals surface area (Å²) in [6.45, 7) is 3.41. The first-order chi connectivity index (χ1) is 15.3. The van der Waals surface area contributed by atoms with E-state index >= 15 is 0 Å². The molecule has 32 heavy (non-hydrogen) atoms. The van der Waals surface area contributed by atoms with Crippen molar-refractivity contribution in [3.63, 3.8) is 0 Å². The zero-order valence-corrected chi connectivity index (χ0v) is 17.4. The van der Waals surface area contributed by atoms with E-state index in [1.54, 1.807) is 56.7 Å². The minimum absolute atomic E-state index is 0.0331. The zero-order chi connectivity index (χ0) is 22.8. The van der Waals surface area contributed by atoms with Crippen molar-refractivity contribution in [2.75, 3.05) is 0 Å². The third-order valence-corrected chi connectivity index (χ3v) is 5.01. The number of pyridine rings is 2. The number of rotatable bonds is 8. The normalized spacial score (nSPS) is 12.2. The molecule has 2 heterocycles. The van der Waals surface area contributed by atoms with Gasteiger partial charge in [0, 0.05) is 18.6 Å². The quantitative estimate of drug-likeness (QED) is 0.422.